The van der Waals surface area contributed by atoms with Crippen LogP contribution in [0.15, 0.2) is 28.7 Å². The van der Waals surface area contributed by atoms with E-state index in [1.165, 1.54) is 31.4 Å². The van der Waals surface area contributed by atoms with Gasteiger partial charge in [-0.05, 0) is 56.0 Å². The van der Waals surface area contributed by atoms with Gasteiger partial charge in [-0.1, -0.05) is 41.4 Å². The van der Waals surface area contributed by atoms with Crippen molar-refractivity contribution in [3.05, 3.63) is 34.3 Å². The molecule has 1 unspecified atom stereocenters. The van der Waals surface area contributed by atoms with Gasteiger partial charge < -0.3 is 10.6 Å². The third-order valence-corrected chi connectivity index (χ3v) is 4.71. The van der Waals surface area contributed by atoms with E-state index in [4.69, 9.17) is 5.73 Å². The molecule has 1 atom stereocenters. The van der Waals surface area contributed by atoms with Crippen molar-refractivity contribution < 1.29 is 0 Å². The molecule has 0 amide bonds. The Kier molecular flexibility index (Phi) is 5.86. The minimum absolute atomic E-state index is 0.146. The number of nitrogens with two attached hydrogens (primary N) is 1. The number of nitrogens with zero attached hydrogens (tertiary/aromatic N) is 1. The molecule has 106 valence electrons. The molecule has 0 spiro atoms. The highest BCUT2D eigenvalue weighted by Gasteiger charge is 2.20. The van der Waals surface area contributed by atoms with Crippen LogP contribution in [-0.4, -0.2) is 24.5 Å². The normalized spacial score (nSPS) is 17.5. The minimum Gasteiger partial charge on any atom is -0.324 e. The second kappa shape index (κ2) is 7.41. The topological polar surface area (TPSA) is 29.3 Å². The summed E-state index contributed by atoms with van der Waals surface area (Å²) in [6.07, 6.45) is 5.32. The summed E-state index contributed by atoms with van der Waals surface area (Å²) >= 11 is 3.51. The summed E-state index contributed by atoms with van der Waals surface area (Å²) in [6, 6.07) is 8.51. The van der Waals surface area contributed by atoms with Crippen LogP contribution in [-0.2, 0) is 0 Å². The largest absolute Gasteiger partial charge is 0.324 e. The van der Waals surface area contributed by atoms with Gasteiger partial charge in [0, 0.05) is 17.1 Å². The number of benzene rings is 1. The first-order valence-corrected chi connectivity index (χ1v) is 8.21. The molecule has 1 saturated carbocycles. The van der Waals surface area contributed by atoms with E-state index in [0.717, 1.165) is 29.9 Å². The van der Waals surface area contributed by atoms with Gasteiger partial charge in [0.25, 0.3) is 0 Å². The molecule has 0 saturated heterocycles. The standard InChI is InChI=1S/C16H25BrN2/c1-2-19(12-13-5-3-6-13)10-9-16(18)14-7-4-8-15(17)11-14/h4,7-8,11,13,16H,2-3,5-6,9-10,12,18H2,1H3. The maximum absolute atomic E-state index is 6.30. The zero-order valence-electron chi connectivity index (χ0n) is 11.8. The van der Waals surface area contributed by atoms with E-state index in [1.54, 1.807) is 0 Å². The van der Waals surface area contributed by atoms with Crippen LogP contribution in [0.5, 0.6) is 0 Å². The van der Waals surface area contributed by atoms with Gasteiger partial charge in [-0.25, -0.2) is 0 Å². The fraction of sp³-hybridized carbons (Fsp3) is 0.625. The highest BCUT2D eigenvalue weighted by atomic mass is 79.9. The molecule has 3 heteroatoms. The predicted molar refractivity (Wildman–Crippen MR) is 85.1 cm³/mol. The molecule has 2 rings (SSSR count). The SMILES string of the molecule is CCN(CCC(N)c1cccc(Br)c1)CC1CCC1. The number of rotatable bonds is 7. The van der Waals surface area contributed by atoms with Crippen LogP contribution < -0.4 is 5.73 Å². The molecule has 1 fully saturated rings. The Morgan fingerprint density at radius 1 is 1.42 bits per heavy atom. The van der Waals surface area contributed by atoms with Crippen LogP contribution in [0.2, 0.25) is 0 Å². The van der Waals surface area contributed by atoms with Gasteiger partial charge in [-0.2, -0.15) is 0 Å². The number of hydrogen-bond acceptors (Lipinski definition) is 2. The van der Waals surface area contributed by atoms with Crippen LogP contribution in [0.4, 0.5) is 0 Å². The van der Waals surface area contributed by atoms with Gasteiger partial charge in [-0.3, -0.25) is 0 Å². The van der Waals surface area contributed by atoms with E-state index < -0.39 is 0 Å². The van der Waals surface area contributed by atoms with Gasteiger partial charge in [0.2, 0.25) is 0 Å². The van der Waals surface area contributed by atoms with Crippen molar-refractivity contribution in [1.29, 1.82) is 0 Å². The van der Waals surface area contributed by atoms with E-state index in [0.29, 0.717) is 0 Å². The van der Waals surface area contributed by atoms with Gasteiger partial charge in [-0.15, -0.1) is 0 Å². The van der Waals surface area contributed by atoms with Gasteiger partial charge in [0.05, 0.1) is 0 Å². The van der Waals surface area contributed by atoms with Crippen molar-refractivity contribution >= 4 is 15.9 Å². The fourth-order valence-corrected chi connectivity index (χ4v) is 3.06. The monoisotopic (exact) mass is 324 g/mol. The van der Waals surface area contributed by atoms with Crippen LogP contribution in [0.1, 0.15) is 44.2 Å². The maximum atomic E-state index is 6.30. The van der Waals surface area contributed by atoms with Crippen molar-refractivity contribution in [1.82, 2.24) is 4.90 Å². The summed E-state index contributed by atoms with van der Waals surface area (Å²) in [4.78, 5) is 2.56. The van der Waals surface area contributed by atoms with E-state index in [-0.39, 0.29) is 6.04 Å². The summed E-state index contributed by atoms with van der Waals surface area (Å²) in [6.45, 7) is 5.77. The Bertz CT molecular complexity index is 390. The lowest BCUT2D eigenvalue weighted by Crippen LogP contribution is -2.34. The lowest BCUT2D eigenvalue weighted by molar-refractivity contribution is 0.180. The summed E-state index contributed by atoms with van der Waals surface area (Å²) in [5.74, 6) is 0.946. The minimum atomic E-state index is 0.146. The number of halogens is 1. The highest BCUT2D eigenvalue weighted by Crippen LogP contribution is 2.27. The first-order valence-electron chi connectivity index (χ1n) is 7.42. The third-order valence-electron chi connectivity index (χ3n) is 4.22. The smallest absolute Gasteiger partial charge is 0.0307 e. The molecule has 0 bridgehead atoms. The molecule has 1 aromatic carbocycles. The molecule has 0 aliphatic heterocycles. The van der Waals surface area contributed by atoms with Crippen molar-refractivity contribution in [2.45, 2.75) is 38.6 Å². The van der Waals surface area contributed by atoms with Gasteiger partial charge >= 0.3 is 0 Å². The Hall–Kier alpha value is -0.380. The molecule has 2 nitrogen and oxygen atoms in total. The zero-order chi connectivity index (χ0) is 13.7. The average molecular weight is 325 g/mol. The van der Waals surface area contributed by atoms with Crippen molar-refractivity contribution in [3.8, 4) is 0 Å². The quantitative estimate of drug-likeness (QED) is 0.822. The molecule has 1 aliphatic carbocycles. The predicted octanol–water partition coefficient (Wildman–Crippen LogP) is 3.96. The number of hydrogen-bond donors (Lipinski definition) is 1. The van der Waals surface area contributed by atoms with Gasteiger partial charge in [0.1, 0.15) is 0 Å². The summed E-state index contributed by atoms with van der Waals surface area (Å²) < 4.78 is 1.11. The Balaban J connectivity index is 1.79. The average Bonchev–Trinajstić information content (AvgIpc) is 2.36. The van der Waals surface area contributed by atoms with E-state index in [1.807, 2.05) is 6.07 Å². The molecular formula is C16H25BrN2. The lowest BCUT2D eigenvalue weighted by Gasteiger charge is -2.32. The molecular weight excluding hydrogens is 300 g/mol. The summed E-state index contributed by atoms with van der Waals surface area (Å²) in [7, 11) is 0. The van der Waals surface area contributed by atoms with Crippen LogP contribution in [0, 0.1) is 5.92 Å². The molecule has 1 aliphatic rings. The first kappa shape index (κ1) is 15.0. The molecule has 19 heavy (non-hydrogen) atoms. The Morgan fingerprint density at radius 3 is 2.79 bits per heavy atom. The summed E-state index contributed by atoms with van der Waals surface area (Å²) in [5.41, 5.74) is 7.53. The van der Waals surface area contributed by atoms with E-state index >= 15 is 0 Å². The van der Waals surface area contributed by atoms with Crippen molar-refractivity contribution in [3.63, 3.8) is 0 Å². The summed E-state index contributed by atoms with van der Waals surface area (Å²) in [5, 5.41) is 0. The molecule has 0 heterocycles. The Labute approximate surface area is 125 Å². The molecule has 0 aromatic heterocycles. The van der Waals surface area contributed by atoms with Crippen LogP contribution in [0.25, 0.3) is 0 Å². The third kappa shape index (κ3) is 4.59. The van der Waals surface area contributed by atoms with Crippen LogP contribution >= 0.6 is 15.9 Å². The molecule has 0 radical (unpaired) electrons. The first-order chi connectivity index (χ1) is 9.19. The second-order valence-corrected chi connectivity index (χ2v) is 6.56. The lowest BCUT2D eigenvalue weighted by atomic mass is 9.85. The van der Waals surface area contributed by atoms with E-state index in [9.17, 15) is 0 Å². The highest BCUT2D eigenvalue weighted by molar-refractivity contribution is 9.10. The molecule has 2 N–H and O–H groups in total. The van der Waals surface area contributed by atoms with Crippen molar-refractivity contribution in [2.75, 3.05) is 19.6 Å². The van der Waals surface area contributed by atoms with Crippen LogP contribution in [0.3, 0.4) is 0 Å². The second-order valence-electron chi connectivity index (χ2n) is 5.64. The molecule has 1 aromatic rings. The Morgan fingerprint density at radius 2 is 2.21 bits per heavy atom. The zero-order valence-corrected chi connectivity index (χ0v) is 13.4. The van der Waals surface area contributed by atoms with E-state index in [2.05, 4.69) is 46.0 Å². The fourth-order valence-electron chi connectivity index (χ4n) is 2.64. The van der Waals surface area contributed by atoms with Gasteiger partial charge in [0.15, 0.2) is 0 Å². The maximum Gasteiger partial charge on any atom is 0.0307 e. The van der Waals surface area contributed by atoms with Crippen molar-refractivity contribution in [2.24, 2.45) is 11.7 Å².